The first-order chi connectivity index (χ1) is 7.08. The van der Waals surface area contributed by atoms with Gasteiger partial charge in [0.1, 0.15) is 5.82 Å². The van der Waals surface area contributed by atoms with Crippen molar-refractivity contribution < 1.29 is 9.18 Å². The zero-order chi connectivity index (χ0) is 11.0. The van der Waals surface area contributed by atoms with Crippen molar-refractivity contribution in [3.05, 3.63) is 24.0 Å². The van der Waals surface area contributed by atoms with E-state index in [4.69, 9.17) is 17.3 Å². The van der Waals surface area contributed by atoms with E-state index in [0.29, 0.717) is 17.9 Å². The molecule has 1 heterocycles. The van der Waals surface area contributed by atoms with Crippen LogP contribution in [0, 0.1) is 5.82 Å². The number of nitrogens with two attached hydrogens (primary N) is 1. The van der Waals surface area contributed by atoms with E-state index in [2.05, 4.69) is 0 Å². The fourth-order valence-corrected chi connectivity index (χ4v) is 1.92. The highest BCUT2D eigenvalue weighted by Gasteiger charge is 2.30. The minimum atomic E-state index is -0.412. The molecule has 1 aliphatic rings. The summed E-state index contributed by atoms with van der Waals surface area (Å²) in [6.07, 6.45) is 0.275. The maximum Gasteiger partial charge on any atom is 0.228 e. The summed E-state index contributed by atoms with van der Waals surface area (Å²) in [6, 6.07) is 3.96. The third-order valence-electron chi connectivity index (χ3n) is 2.36. The van der Waals surface area contributed by atoms with Gasteiger partial charge in [-0.25, -0.2) is 4.39 Å². The lowest BCUT2D eigenvalue weighted by molar-refractivity contribution is -0.117. The summed E-state index contributed by atoms with van der Waals surface area (Å²) in [5, 5.41) is -0.222. The topological polar surface area (TPSA) is 46.3 Å². The summed E-state index contributed by atoms with van der Waals surface area (Å²) < 4.78 is 13.0. The second kappa shape index (κ2) is 3.70. The molecule has 1 fully saturated rings. The monoisotopic (exact) mass is 228 g/mol. The molecular weight excluding hydrogens is 219 g/mol. The SMILES string of the molecule is Nc1ccc(F)cc1N1CC(Cl)CC1=O. The van der Waals surface area contributed by atoms with Crippen LogP contribution in [0.1, 0.15) is 6.42 Å². The van der Waals surface area contributed by atoms with Crippen LogP contribution in [-0.2, 0) is 4.79 Å². The molecule has 1 unspecified atom stereocenters. The molecular formula is C10H10ClFN2O. The minimum absolute atomic E-state index is 0.118. The van der Waals surface area contributed by atoms with Crippen LogP contribution in [0.15, 0.2) is 18.2 Å². The van der Waals surface area contributed by atoms with Crippen LogP contribution in [-0.4, -0.2) is 17.8 Å². The van der Waals surface area contributed by atoms with Gasteiger partial charge in [0.05, 0.1) is 16.8 Å². The number of anilines is 2. The quantitative estimate of drug-likeness (QED) is 0.588. The van der Waals surface area contributed by atoms with Gasteiger partial charge < -0.3 is 10.6 Å². The van der Waals surface area contributed by atoms with Crippen LogP contribution >= 0.6 is 11.6 Å². The summed E-state index contributed by atoms with van der Waals surface area (Å²) in [7, 11) is 0. The summed E-state index contributed by atoms with van der Waals surface area (Å²) in [4.78, 5) is 12.9. The molecule has 1 aromatic rings. The summed E-state index contributed by atoms with van der Waals surface area (Å²) >= 11 is 5.85. The van der Waals surface area contributed by atoms with Crippen molar-refractivity contribution >= 4 is 28.9 Å². The Morgan fingerprint density at radius 1 is 1.53 bits per heavy atom. The molecule has 1 aliphatic heterocycles. The van der Waals surface area contributed by atoms with Crippen LogP contribution < -0.4 is 10.6 Å². The molecule has 2 N–H and O–H groups in total. The van der Waals surface area contributed by atoms with E-state index in [1.165, 1.54) is 23.1 Å². The molecule has 3 nitrogen and oxygen atoms in total. The predicted molar refractivity (Wildman–Crippen MR) is 57.4 cm³/mol. The Kier molecular flexibility index (Phi) is 2.52. The van der Waals surface area contributed by atoms with Crippen molar-refractivity contribution in [1.82, 2.24) is 0 Å². The fraction of sp³-hybridized carbons (Fsp3) is 0.300. The lowest BCUT2D eigenvalue weighted by Crippen LogP contribution is -2.25. The van der Waals surface area contributed by atoms with Gasteiger partial charge in [-0.2, -0.15) is 0 Å². The Balaban J connectivity index is 2.37. The highest BCUT2D eigenvalue weighted by atomic mass is 35.5. The van der Waals surface area contributed by atoms with Crippen LogP contribution in [0.25, 0.3) is 0 Å². The van der Waals surface area contributed by atoms with E-state index in [1.54, 1.807) is 0 Å². The molecule has 1 aromatic carbocycles. The number of halogens is 2. The molecule has 0 aliphatic carbocycles. The third kappa shape index (κ3) is 1.90. The van der Waals surface area contributed by atoms with Crippen LogP contribution in [0.5, 0.6) is 0 Å². The molecule has 1 amide bonds. The number of rotatable bonds is 1. The van der Waals surface area contributed by atoms with E-state index in [1.807, 2.05) is 0 Å². The lowest BCUT2D eigenvalue weighted by Gasteiger charge is -2.17. The molecule has 80 valence electrons. The van der Waals surface area contributed by atoms with Crippen molar-refractivity contribution in [2.75, 3.05) is 17.2 Å². The molecule has 1 saturated heterocycles. The summed E-state index contributed by atoms with van der Waals surface area (Å²) in [6.45, 7) is 0.383. The third-order valence-corrected chi connectivity index (χ3v) is 2.65. The average molecular weight is 229 g/mol. The highest BCUT2D eigenvalue weighted by molar-refractivity contribution is 6.24. The Hall–Kier alpha value is -1.29. The van der Waals surface area contributed by atoms with Gasteiger partial charge in [0.15, 0.2) is 0 Å². The number of alkyl halides is 1. The largest absolute Gasteiger partial charge is 0.397 e. The van der Waals surface area contributed by atoms with E-state index < -0.39 is 5.82 Å². The second-order valence-electron chi connectivity index (χ2n) is 3.51. The molecule has 0 spiro atoms. The zero-order valence-electron chi connectivity index (χ0n) is 7.91. The van der Waals surface area contributed by atoms with Crippen LogP contribution in [0.4, 0.5) is 15.8 Å². The Labute approximate surface area is 91.6 Å². The van der Waals surface area contributed by atoms with Gasteiger partial charge in [0, 0.05) is 13.0 Å². The highest BCUT2D eigenvalue weighted by Crippen LogP contribution is 2.29. The minimum Gasteiger partial charge on any atom is -0.397 e. The first-order valence-corrected chi connectivity index (χ1v) is 5.01. The van der Waals surface area contributed by atoms with Gasteiger partial charge in [-0.05, 0) is 18.2 Å². The average Bonchev–Trinajstić information content (AvgIpc) is 2.50. The number of nitrogen functional groups attached to an aromatic ring is 1. The first-order valence-electron chi connectivity index (χ1n) is 4.57. The number of carbonyl (C=O) groups is 1. The van der Waals surface area contributed by atoms with Crippen LogP contribution in [0.3, 0.4) is 0 Å². The summed E-state index contributed by atoms with van der Waals surface area (Å²) in [5.41, 5.74) is 6.46. The number of hydrogen-bond donors (Lipinski definition) is 1. The molecule has 0 radical (unpaired) electrons. The van der Waals surface area contributed by atoms with Gasteiger partial charge in [-0.1, -0.05) is 0 Å². The lowest BCUT2D eigenvalue weighted by atomic mass is 10.2. The fourth-order valence-electron chi connectivity index (χ4n) is 1.65. The molecule has 0 aromatic heterocycles. The standard InChI is InChI=1S/C10H10ClFN2O/c11-6-3-10(15)14(5-6)9-4-7(12)1-2-8(9)13/h1-2,4,6H,3,5,13H2. The van der Waals surface area contributed by atoms with Crippen LogP contribution in [0.2, 0.25) is 0 Å². The van der Waals surface area contributed by atoms with Crippen molar-refractivity contribution in [3.63, 3.8) is 0 Å². The number of nitrogens with zero attached hydrogens (tertiary/aromatic N) is 1. The molecule has 1 atom stereocenters. The Bertz CT molecular complexity index is 410. The molecule has 0 saturated carbocycles. The Morgan fingerprint density at radius 2 is 2.27 bits per heavy atom. The molecule has 0 bridgehead atoms. The van der Waals surface area contributed by atoms with Gasteiger partial charge >= 0.3 is 0 Å². The number of amides is 1. The van der Waals surface area contributed by atoms with Crippen molar-refractivity contribution in [2.24, 2.45) is 0 Å². The van der Waals surface area contributed by atoms with Gasteiger partial charge in [0.25, 0.3) is 0 Å². The second-order valence-corrected chi connectivity index (χ2v) is 4.13. The van der Waals surface area contributed by atoms with Gasteiger partial charge in [-0.15, -0.1) is 11.6 Å². The Morgan fingerprint density at radius 3 is 2.87 bits per heavy atom. The maximum absolute atomic E-state index is 13.0. The predicted octanol–water partition coefficient (Wildman–Crippen LogP) is 1.75. The molecule has 5 heteroatoms. The van der Waals surface area contributed by atoms with E-state index >= 15 is 0 Å². The van der Waals surface area contributed by atoms with Crippen molar-refractivity contribution in [1.29, 1.82) is 0 Å². The van der Waals surface area contributed by atoms with Gasteiger partial charge in [0.2, 0.25) is 5.91 Å². The number of benzene rings is 1. The van der Waals surface area contributed by atoms with Crippen molar-refractivity contribution in [2.45, 2.75) is 11.8 Å². The number of carbonyl (C=O) groups excluding carboxylic acids is 1. The number of hydrogen-bond acceptors (Lipinski definition) is 2. The maximum atomic E-state index is 13.0. The van der Waals surface area contributed by atoms with Gasteiger partial charge in [-0.3, -0.25) is 4.79 Å². The molecule has 15 heavy (non-hydrogen) atoms. The first kappa shape index (κ1) is 10.2. The van der Waals surface area contributed by atoms with E-state index in [0.717, 1.165) is 0 Å². The van der Waals surface area contributed by atoms with E-state index in [-0.39, 0.29) is 17.7 Å². The molecule has 2 rings (SSSR count). The normalized spacial score (nSPS) is 21.1. The van der Waals surface area contributed by atoms with E-state index in [9.17, 15) is 9.18 Å². The van der Waals surface area contributed by atoms with Crippen molar-refractivity contribution in [3.8, 4) is 0 Å². The smallest absolute Gasteiger partial charge is 0.228 e. The summed E-state index contributed by atoms with van der Waals surface area (Å²) in [5.74, 6) is -0.530. The zero-order valence-corrected chi connectivity index (χ0v) is 8.67.